The highest BCUT2D eigenvalue weighted by Gasteiger charge is 2.22. The number of hydrogen-bond acceptors (Lipinski definition) is 6. The summed E-state index contributed by atoms with van der Waals surface area (Å²) in [5.41, 5.74) is 3.54. The van der Waals surface area contributed by atoms with Crippen LogP contribution in [0.4, 0.5) is 5.69 Å². The molecule has 45 heavy (non-hydrogen) atoms. The second-order valence-corrected chi connectivity index (χ2v) is 10.4. The monoisotopic (exact) mass is 599 g/mol. The van der Waals surface area contributed by atoms with E-state index >= 15 is 0 Å². The standard InChI is InChI=1S/C37H33N3O5/c41-35(29-13-5-2-6-14-29)31-15-7-8-16-32(31)39-34(37(43)44)25-27-18-20-30(21-19-27)45-24-23-40(26-28-11-3-1-4-12-28)36(42)33-17-9-10-22-38-33/h1-22,34,39H,23-26H2,(H,43,44). The van der Waals surface area contributed by atoms with E-state index in [-0.39, 0.29) is 24.7 Å². The van der Waals surface area contributed by atoms with Gasteiger partial charge in [0.1, 0.15) is 24.1 Å². The topological polar surface area (TPSA) is 109 Å². The highest BCUT2D eigenvalue weighted by atomic mass is 16.5. The summed E-state index contributed by atoms with van der Waals surface area (Å²) in [4.78, 5) is 44.4. The number of rotatable bonds is 14. The number of nitrogens with zero attached hydrogens (tertiary/aromatic N) is 2. The average Bonchev–Trinajstić information content (AvgIpc) is 3.09. The number of para-hydroxylation sites is 1. The molecule has 1 amide bonds. The predicted molar refractivity (Wildman–Crippen MR) is 172 cm³/mol. The number of amides is 1. The minimum absolute atomic E-state index is 0.183. The molecule has 8 nitrogen and oxygen atoms in total. The fourth-order valence-corrected chi connectivity index (χ4v) is 4.88. The Morgan fingerprint density at radius 2 is 1.42 bits per heavy atom. The second kappa shape index (κ2) is 15.1. The zero-order valence-electron chi connectivity index (χ0n) is 24.6. The molecular weight excluding hydrogens is 566 g/mol. The maximum atomic E-state index is 13.2. The number of pyridine rings is 1. The number of aromatic nitrogens is 1. The summed E-state index contributed by atoms with van der Waals surface area (Å²) in [6, 6.07) is 37.0. The zero-order valence-corrected chi connectivity index (χ0v) is 24.6. The Kier molecular flexibility index (Phi) is 10.3. The molecule has 0 saturated carbocycles. The predicted octanol–water partition coefficient (Wildman–Crippen LogP) is 6.14. The SMILES string of the molecule is O=C(c1ccccc1)c1ccccc1NC(Cc1ccc(OCCN(Cc2ccccc2)C(=O)c2ccccn2)cc1)C(=O)O. The molecule has 5 rings (SSSR count). The van der Waals surface area contributed by atoms with Crippen LogP contribution in [0, 0.1) is 0 Å². The van der Waals surface area contributed by atoms with E-state index in [1.54, 1.807) is 90.0 Å². The Bertz CT molecular complexity index is 1710. The van der Waals surface area contributed by atoms with Crippen LogP contribution in [0.3, 0.4) is 0 Å². The van der Waals surface area contributed by atoms with E-state index in [9.17, 15) is 19.5 Å². The maximum absolute atomic E-state index is 13.2. The number of ether oxygens (including phenoxy) is 1. The van der Waals surface area contributed by atoms with Crippen molar-refractivity contribution in [2.24, 2.45) is 0 Å². The molecule has 0 radical (unpaired) electrons. The van der Waals surface area contributed by atoms with E-state index in [1.807, 2.05) is 48.5 Å². The van der Waals surface area contributed by atoms with Crippen LogP contribution in [0.25, 0.3) is 0 Å². The van der Waals surface area contributed by atoms with Crippen molar-refractivity contribution in [3.05, 3.63) is 162 Å². The molecule has 4 aromatic carbocycles. The van der Waals surface area contributed by atoms with Crippen molar-refractivity contribution in [3.8, 4) is 5.75 Å². The van der Waals surface area contributed by atoms with Crippen molar-refractivity contribution in [1.82, 2.24) is 9.88 Å². The van der Waals surface area contributed by atoms with Gasteiger partial charge in [0.2, 0.25) is 0 Å². The summed E-state index contributed by atoms with van der Waals surface area (Å²) in [5.74, 6) is -0.804. The molecule has 1 atom stereocenters. The number of anilines is 1. The van der Waals surface area contributed by atoms with Gasteiger partial charge in [-0.05, 0) is 47.5 Å². The van der Waals surface area contributed by atoms with Crippen molar-refractivity contribution in [3.63, 3.8) is 0 Å². The molecule has 8 heteroatoms. The number of aliphatic carboxylic acids is 1. The number of hydrogen-bond donors (Lipinski definition) is 2. The van der Waals surface area contributed by atoms with Crippen LogP contribution in [-0.4, -0.2) is 51.8 Å². The summed E-state index contributed by atoms with van der Waals surface area (Å²) < 4.78 is 5.96. The van der Waals surface area contributed by atoms with E-state index in [1.165, 1.54) is 0 Å². The molecule has 0 aliphatic carbocycles. The van der Waals surface area contributed by atoms with Crippen LogP contribution in [-0.2, 0) is 17.8 Å². The molecular formula is C37H33N3O5. The molecule has 0 saturated heterocycles. The number of carboxylic acid groups (broad SMARTS) is 1. The molecule has 0 aliphatic heterocycles. The van der Waals surface area contributed by atoms with E-state index < -0.39 is 12.0 Å². The fraction of sp³-hybridized carbons (Fsp3) is 0.135. The van der Waals surface area contributed by atoms with Gasteiger partial charge >= 0.3 is 5.97 Å². The van der Waals surface area contributed by atoms with Crippen molar-refractivity contribution in [1.29, 1.82) is 0 Å². The first kappa shape index (κ1) is 30.7. The Balaban J connectivity index is 1.21. The van der Waals surface area contributed by atoms with E-state index in [4.69, 9.17) is 4.74 Å². The lowest BCUT2D eigenvalue weighted by Gasteiger charge is -2.23. The van der Waals surface area contributed by atoms with Crippen LogP contribution >= 0.6 is 0 Å². The van der Waals surface area contributed by atoms with Gasteiger partial charge in [0.05, 0.1) is 6.54 Å². The number of nitrogens with one attached hydrogen (secondary N) is 1. The van der Waals surface area contributed by atoms with Crippen LogP contribution < -0.4 is 10.1 Å². The van der Waals surface area contributed by atoms with Gasteiger partial charge in [0.15, 0.2) is 5.78 Å². The van der Waals surface area contributed by atoms with E-state index in [0.717, 1.165) is 11.1 Å². The molecule has 5 aromatic rings. The number of benzene rings is 4. The van der Waals surface area contributed by atoms with Gasteiger partial charge in [-0.1, -0.05) is 91.0 Å². The molecule has 2 N–H and O–H groups in total. The molecule has 226 valence electrons. The van der Waals surface area contributed by atoms with Crippen LogP contribution in [0.1, 0.15) is 37.5 Å². The fourth-order valence-electron chi connectivity index (χ4n) is 4.88. The molecule has 0 fully saturated rings. The second-order valence-electron chi connectivity index (χ2n) is 10.4. The lowest BCUT2D eigenvalue weighted by molar-refractivity contribution is -0.137. The Labute approximate surface area is 262 Å². The first-order chi connectivity index (χ1) is 22.0. The van der Waals surface area contributed by atoms with Gasteiger partial charge in [-0.3, -0.25) is 14.6 Å². The van der Waals surface area contributed by atoms with Crippen molar-refractivity contribution in [2.45, 2.75) is 19.0 Å². The minimum atomic E-state index is -1.03. The lowest BCUT2D eigenvalue weighted by Crippen LogP contribution is -2.34. The Morgan fingerprint density at radius 1 is 0.756 bits per heavy atom. The van der Waals surface area contributed by atoms with Gasteiger partial charge in [-0.25, -0.2) is 4.79 Å². The lowest BCUT2D eigenvalue weighted by atomic mass is 10.00. The molecule has 0 bridgehead atoms. The molecule has 1 heterocycles. The summed E-state index contributed by atoms with van der Waals surface area (Å²) in [5, 5.41) is 13.0. The third kappa shape index (κ3) is 8.42. The van der Waals surface area contributed by atoms with Gasteiger partial charge in [-0.15, -0.1) is 0 Å². The van der Waals surface area contributed by atoms with Gasteiger partial charge in [0.25, 0.3) is 5.91 Å². The van der Waals surface area contributed by atoms with E-state index in [2.05, 4.69) is 10.3 Å². The first-order valence-corrected chi connectivity index (χ1v) is 14.6. The van der Waals surface area contributed by atoms with Gasteiger partial charge < -0.3 is 20.1 Å². The highest BCUT2D eigenvalue weighted by Crippen LogP contribution is 2.22. The third-order valence-corrected chi connectivity index (χ3v) is 7.22. The zero-order chi connectivity index (χ0) is 31.4. The van der Waals surface area contributed by atoms with Crippen LogP contribution in [0.15, 0.2) is 134 Å². The number of ketones is 1. The number of carbonyl (C=O) groups is 3. The van der Waals surface area contributed by atoms with Crippen LogP contribution in [0.5, 0.6) is 5.75 Å². The quantitative estimate of drug-likeness (QED) is 0.148. The van der Waals surface area contributed by atoms with E-state index in [0.29, 0.717) is 41.3 Å². The summed E-state index contributed by atoms with van der Waals surface area (Å²) >= 11 is 0. The molecule has 1 unspecified atom stereocenters. The normalized spacial score (nSPS) is 11.3. The summed E-state index contributed by atoms with van der Waals surface area (Å²) in [7, 11) is 0. The molecule has 0 aliphatic rings. The largest absolute Gasteiger partial charge is 0.492 e. The minimum Gasteiger partial charge on any atom is -0.492 e. The van der Waals surface area contributed by atoms with Crippen molar-refractivity contribution < 1.29 is 24.2 Å². The van der Waals surface area contributed by atoms with Gasteiger partial charge in [0, 0.05) is 36.0 Å². The molecule has 0 spiro atoms. The van der Waals surface area contributed by atoms with Gasteiger partial charge in [-0.2, -0.15) is 0 Å². The number of carbonyl (C=O) groups excluding carboxylic acids is 2. The molecule has 1 aromatic heterocycles. The van der Waals surface area contributed by atoms with Crippen LogP contribution in [0.2, 0.25) is 0 Å². The highest BCUT2D eigenvalue weighted by molar-refractivity contribution is 6.12. The Hall–Kier alpha value is -5.76. The summed E-state index contributed by atoms with van der Waals surface area (Å²) in [6.45, 7) is 1.02. The van der Waals surface area contributed by atoms with Crippen molar-refractivity contribution >= 4 is 23.3 Å². The Morgan fingerprint density at radius 3 is 2.11 bits per heavy atom. The average molecular weight is 600 g/mol. The third-order valence-electron chi connectivity index (χ3n) is 7.22. The summed E-state index contributed by atoms with van der Waals surface area (Å²) in [6.07, 6.45) is 1.78. The first-order valence-electron chi connectivity index (χ1n) is 14.6. The smallest absolute Gasteiger partial charge is 0.326 e. The van der Waals surface area contributed by atoms with Crippen molar-refractivity contribution in [2.75, 3.05) is 18.5 Å². The maximum Gasteiger partial charge on any atom is 0.326 e. The number of carboxylic acids is 1.